The molecule has 0 aliphatic carbocycles. The minimum Gasteiger partial charge on any atom is -0.507 e. The van der Waals surface area contributed by atoms with Gasteiger partial charge >= 0.3 is 0 Å². The Hall–Kier alpha value is -2.33. The van der Waals surface area contributed by atoms with E-state index in [2.05, 4.69) is 10.5 Å². The fourth-order valence-electron chi connectivity index (χ4n) is 1.87. The number of nitrogens with one attached hydrogen (secondary N) is 1. The number of amides is 1. The minimum atomic E-state index is -0.387. The highest BCUT2D eigenvalue weighted by atomic mass is 35.5. The maximum Gasteiger partial charge on any atom is 0.272 e. The monoisotopic (exact) mass is 302 g/mol. The number of halogens is 1. The smallest absolute Gasteiger partial charge is 0.272 e. The highest BCUT2D eigenvalue weighted by Crippen LogP contribution is 2.18. The molecule has 0 radical (unpaired) electrons. The van der Waals surface area contributed by atoms with Crippen LogP contribution in [0, 0.1) is 0 Å². The second-order valence-electron chi connectivity index (χ2n) is 4.35. The molecule has 4 nitrogen and oxygen atoms in total. The number of benzene rings is 2. The molecule has 0 aliphatic heterocycles. The van der Waals surface area contributed by atoms with Gasteiger partial charge in [0.25, 0.3) is 5.91 Å². The van der Waals surface area contributed by atoms with Gasteiger partial charge in [0.1, 0.15) is 5.75 Å². The van der Waals surface area contributed by atoms with E-state index in [1.807, 2.05) is 6.92 Å². The van der Waals surface area contributed by atoms with Crippen LogP contribution in [-0.2, 0) is 0 Å². The first kappa shape index (κ1) is 15.1. The molecule has 0 spiro atoms. The molecule has 0 unspecified atom stereocenters. The number of carbonyl (C=O) groups is 1. The number of phenolic OH excluding ortho intramolecular Hbond substituents is 1. The Balaban J connectivity index is 2.21. The van der Waals surface area contributed by atoms with Crippen LogP contribution in [-0.4, -0.2) is 16.7 Å². The lowest BCUT2D eigenvalue weighted by molar-refractivity contribution is 0.0955. The maximum absolute atomic E-state index is 12.0. The molecule has 2 rings (SSSR count). The van der Waals surface area contributed by atoms with Crippen molar-refractivity contribution < 1.29 is 9.90 Å². The summed E-state index contributed by atoms with van der Waals surface area (Å²) in [6.45, 7) is 1.90. The Kier molecular flexibility index (Phi) is 4.95. The molecule has 0 aliphatic rings. The van der Waals surface area contributed by atoms with E-state index < -0.39 is 0 Å². The van der Waals surface area contributed by atoms with E-state index in [4.69, 9.17) is 11.6 Å². The summed E-state index contributed by atoms with van der Waals surface area (Å²) in [7, 11) is 0. The van der Waals surface area contributed by atoms with Crippen molar-refractivity contribution in [1.29, 1.82) is 0 Å². The molecule has 0 bridgehead atoms. The van der Waals surface area contributed by atoms with E-state index in [-0.39, 0.29) is 11.7 Å². The highest BCUT2D eigenvalue weighted by Gasteiger charge is 2.10. The van der Waals surface area contributed by atoms with Gasteiger partial charge in [-0.3, -0.25) is 4.79 Å². The van der Waals surface area contributed by atoms with E-state index in [1.54, 1.807) is 48.5 Å². The number of carbonyl (C=O) groups excluding carboxylic acids is 1. The van der Waals surface area contributed by atoms with Crippen molar-refractivity contribution in [2.75, 3.05) is 0 Å². The molecule has 0 aromatic heterocycles. The maximum atomic E-state index is 12.0. The second kappa shape index (κ2) is 6.90. The van der Waals surface area contributed by atoms with E-state index >= 15 is 0 Å². The van der Waals surface area contributed by atoms with Crippen LogP contribution in [0.4, 0.5) is 0 Å². The molecule has 5 heteroatoms. The molecule has 2 aromatic carbocycles. The summed E-state index contributed by atoms with van der Waals surface area (Å²) in [6.07, 6.45) is 0.570. The number of phenols is 1. The number of rotatable bonds is 4. The largest absolute Gasteiger partial charge is 0.507 e. The molecule has 1 amide bonds. The van der Waals surface area contributed by atoms with Crippen LogP contribution in [0.5, 0.6) is 5.75 Å². The lowest BCUT2D eigenvalue weighted by Gasteiger charge is -2.07. The first-order valence-electron chi connectivity index (χ1n) is 6.53. The van der Waals surface area contributed by atoms with E-state index in [9.17, 15) is 9.90 Å². The average molecular weight is 303 g/mol. The second-order valence-corrected chi connectivity index (χ2v) is 4.76. The third-order valence-electron chi connectivity index (χ3n) is 2.96. The SMILES string of the molecule is CCC(=NNC(=O)c1ccccc1Cl)c1ccccc1O. The zero-order valence-electron chi connectivity index (χ0n) is 11.5. The van der Waals surface area contributed by atoms with Crippen molar-refractivity contribution in [3.63, 3.8) is 0 Å². The quantitative estimate of drug-likeness (QED) is 0.669. The van der Waals surface area contributed by atoms with Crippen molar-refractivity contribution in [3.8, 4) is 5.75 Å². The Morgan fingerprint density at radius 1 is 1.14 bits per heavy atom. The van der Waals surface area contributed by atoms with E-state index in [0.717, 1.165) is 0 Å². The highest BCUT2D eigenvalue weighted by molar-refractivity contribution is 6.33. The van der Waals surface area contributed by atoms with Gasteiger partial charge in [-0.1, -0.05) is 42.8 Å². The number of hydrogen-bond donors (Lipinski definition) is 2. The topological polar surface area (TPSA) is 61.7 Å². The number of nitrogens with zero attached hydrogens (tertiary/aromatic N) is 1. The summed E-state index contributed by atoms with van der Waals surface area (Å²) >= 11 is 5.96. The molecular weight excluding hydrogens is 288 g/mol. The van der Waals surface area contributed by atoms with Crippen LogP contribution >= 0.6 is 11.6 Å². The van der Waals surface area contributed by atoms with Crippen molar-refractivity contribution in [2.24, 2.45) is 5.10 Å². The van der Waals surface area contributed by atoms with Gasteiger partial charge in [0.05, 0.1) is 16.3 Å². The lowest BCUT2D eigenvalue weighted by Crippen LogP contribution is -2.20. The summed E-state index contributed by atoms with van der Waals surface area (Å²) in [5.74, 6) is -0.257. The van der Waals surface area contributed by atoms with Gasteiger partial charge in [0.15, 0.2) is 0 Å². The average Bonchev–Trinajstić information content (AvgIpc) is 2.49. The van der Waals surface area contributed by atoms with Crippen LogP contribution in [0.15, 0.2) is 53.6 Å². The first-order chi connectivity index (χ1) is 10.1. The van der Waals surface area contributed by atoms with Gasteiger partial charge in [0.2, 0.25) is 0 Å². The van der Waals surface area contributed by atoms with E-state index in [1.165, 1.54) is 0 Å². The number of hydrogen-bond acceptors (Lipinski definition) is 3. The van der Waals surface area contributed by atoms with Crippen LogP contribution in [0.25, 0.3) is 0 Å². The van der Waals surface area contributed by atoms with Gasteiger partial charge in [-0.25, -0.2) is 5.43 Å². The molecule has 21 heavy (non-hydrogen) atoms. The van der Waals surface area contributed by atoms with Crippen LogP contribution < -0.4 is 5.43 Å². The standard InChI is InChI=1S/C16H15ClN2O2/c1-2-14(12-8-4-6-10-15(12)20)18-19-16(21)11-7-3-5-9-13(11)17/h3-10,20H,2H2,1H3,(H,19,21). The van der Waals surface area contributed by atoms with Crippen molar-refractivity contribution >= 4 is 23.2 Å². The molecule has 0 atom stereocenters. The van der Waals surface area contributed by atoms with Gasteiger partial charge in [-0.05, 0) is 30.7 Å². The van der Waals surface area contributed by atoms with Crippen molar-refractivity contribution in [2.45, 2.75) is 13.3 Å². The summed E-state index contributed by atoms with van der Waals surface area (Å²) < 4.78 is 0. The van der Waals surface area contributed by atoms with Crippen LogP contribution in [0.1, 0.15) is 29.3 Å². The summed E-state index contributed by atoms with van der Waals surface area (Å²) in [5.41, 5.74) is 4.01. The van der Waals surface area contributed by atoms with Crippen molar-refractivity contribution in [1.82, 2.24) is 5.43 Å². The van der Waals surface area contributed by atoms with Gasteiger partial charge in [0, 0.05) is 5.56 Å². The fraction of sp³-hybridized carbons (Fsp3) is 0.125. The molecule has 2 N–H and O–H groups in total. The summed E-state index contributed by atoms with van der Waals surface area (Å²) in [6, 6.07) is 13.6. The molecule has 0 fully saturated rings. The molecule has 0 saturated heterocycles. The van der Waals surface area contributed by atoms with Crippen LogP contribution in [0.2, 0.25) is 5.02 Å². The molecule has 0 heterocycles. The molecule has 108 valence electrons. The number of aromatic hydroxyl groups is 1. The fourth-order valence-corrected chi connectivity index (χ4v) is 2.09. The van der Waals surface area contributed by atoms with E-state index in [0.29, 0.717) is 28.3 Å². The Labute approximate surface area is 128 Å². The number of para-hydroxylation sites is 1. The van der Waals surface area contributed by atoms with Crippen molar-refractivity contribution in [3.05, 3.63) is 64.7 Å². The Morgan fingerprint density at radius 2 is 1.76 bits per heavy atom. The lowest BCUT2D eigenvalue weighted by atomic mass is 10.1. The summed E-state index contributed by atoms with van der Waals surface area (Å²) in [4.78, 5) is 12.0. The Morgan fingerprint density at radius 3 is 2.38 bits per heavy atom. The zero-order chi connectivity index (χ0) is 15.2. The third-order valence-corrected chi connectivity index (χ3v) is 3.29. The molecular formula is C16H15ClN2O2. The first-order valence-corrected chi connectivity index (χ1v) is 6.91. The third kappa shape index (κ3) is 3.61. The van der Waals surface area contributed by atoms with Gasteiger partial charge < -0.3 is 5.11 Å². The van der Waals surface area contributed by atoms with Gasteiger partial charge in [-0.2, -0.15) is 5.10 Å². The number of hydrazone groups is 1. The van der Waals surface area contributed by atoms with Gasteiger partial charge in [-0.15, -0.1) is 0 Å². The molecule has 0 saturated carbocycles. The normalized spacial score (nSPS) is 11.2. The Bertz CT molecular complexity index is 683. The van der Waals surface area contributed by atoms with Crippen LogP contribution in [0.3, 0.4) is 0 Å². The predicted octanol–water partition coefficient (Wildman–Crippen LogP) is 3.59. The summed E-state index contributed by atoms with van der Waals surface area (Å²) in [5, 5.41) is 14.3. The minimum absolute atomic E-state index is 0.130. The predicted molar refractivity (Wildman–Crippen MR) is 83.9 cm³/mol. The zero-order valence-corrected chi connectivity index (χ0v) is 12.3. The molecule has 2 aromatic rings.